The van der Waals surface area contributed by atoms with Crippen molar-refractivity contribution in [1.82, 2.24) is 14.5 Å². The Morgan fingerprint density at radius 1 is 0.963 bits per heavy atom. The van der Waals surface area contributed by atoms with E-state index in [-0.39, 0.29) is 24.0 Å². The highest BCUT2D eigenvalue weighted by Gasteiger charge is 2.15. The summed E-state index contributed by atoms with van der Waals surface area (Å²) < 4.78 is 3.18. The number of benzene rings is 2. The fraction of sp³-hybridized carbons (Fsp3) is 0.250. The van der Waals surface area contributed by atoms with Crippen LogP contribution in [0.2, 0.25) is 0 Å². The van der Waals surface area contributed by atoms with Crippen LogP contribution in [0.3, 0.4) is 0 Å². The van der Waals surface area contributed by atoms with Gasteiger partial charge in [-0.3, -0.25) is 18.7 Å². The van der Waals surface area contributed by atoms with E-state index in [2.05, 4.69) is 10.6 Å². The Morgan fingerprint density at radius 2 is 1.59 bits per heavy atom. The van der Waals surface area contributed by atoms with E-state index in [1.807, 2.05) is 31.2 Å². The van der Waals surface area contributed by atoms with Gasteiger partial charge in [0.2, 0.25) is 5.91 Å². The van der Waals surface area contributed by atoms with E-state index in [1.165, 1.54) is 4.57 Å². The molecular formula is C20H22N4O3. The maximum atomic E-state index is 12.7. The van der Waals surface area contributed by atoms with Crippen molar-refractivity contribution in [2.75, 3.05) is 12.4 Å². The Bertz CT molecular complexity index is 1030. The lowest BCUT2D eigenvalue weighted by molar-refractivity contribution is -0.116. The summed E-state index contributed by atoms with van der Waals surface area (Å²) in [7, 11) is 1.56. The van der Waals surface area contributed by atoms with Gasteiger partial charge in [0.05, 0.1) is 11.0 Å². The molecule has 2 amide bonds. The molecule has 0 fully saturated rings. The number of anilines is 1. The van der Waals surface area contributed by atoms with Crippen LogP contribution in [0.5, 0.6) is 0 Å². The predicted molar refractivity (Wildman–Crippen MR) is 105 cm³/mol. The lowest BCUT2D eigenvalue weighted by Gasteiger charge is -2.07. The normalized spacial score (nSPS) is 10.7. The van der Waals surface area contributed by atoms with Gasteiger partial charge in [0.25, 0.3) is 5.91 Å². The second-order valence-corrected chi connectivity index (χ2v) is 6.21. The van der Waals surface area contributed by atoms with Crippen LogP contribution in [0.4, 0.5) is 5.69 Å². The average molecular weight is 366 g/mol. The first-order chi connectivity index (χ1) is 13.0. The molecule has 1 aromatic heterocycles. The van der Waals surface area contributed by atoms with Crippen molar-refractivity contribution in [2.24, 2.45) is 0 Å². The Hall–Kier alpha value is -3.35. The molecule has 3 rings (SSSR count). The quantitative estimate of drug-likeness (QED) is 0.701. The van der Waals surface area contributed by atoms with Gasteiger partial charge in [0.15, 0.2) is 0 Å². The highest BCUT2D eigenvalue weighted by Crippen LogP contribution is 2.14. The van der Waals surface area contributed by atoms with Crippen molar-refractivity contribution >= 4 is 28.5 Å². The number of hydrogen-bond donors (Lipinski definition) is 2. The van der Waals surface area contributed by atoms with Crippen LogP contribution in [0.1, 0.15) is 23.7 Å². The summed E-state index contributed by atoms with van der Waals surface area (Å²) in [5, 5.41) is 5.31. The Labute approximate surface area is 156 Å². The monoisotopic (exact) mass is 366 g/mol. The lowest BCUT2D eigenvalue weighted by atomic mass is 10.2. The molecule has 0 radical (unpaired) electrons. The second kappa shape index (κ2) is 7.90. The van der Waals surface area contributed by atoms with Gasteiger partial charge in [-0.2, -0.15) is 0 Å². The van der Waals surface area contributed by atoms with Gasteiger partial charge in [-0.15, -0.1) is 0 Å². The number of amides is 2. The van der Waals surface area contributed by atoms with E-state index in [0.29, 0.717) is 17.8 Å². The molecule has 7 heteroatoms. The summed E-state index contributed by atoms with van der Waals surface area (Å²) >= 11 is 0. The molecule has 0 spiro atoms. The van der Waals surface area contributed by atoms with Crippen LogP contribution in [-0.2, 0) is 17.9 Å². The molecule has 0 aliphatic rings. The average Bonchev–Trinajstić information content (AvgIpc) is 2.94. The molecule has 0 unspecified atom stereocenters. The minimum absolute atomic E-state index is 0.0761. The Balaban J connectivity index is 1.81. The minimum atomic E-state index is -0.302. The molecule has 0 atom stereocenters. The number of para-hydroxylation sites is 2. The summed E-state index contributed by atoms with van der Waals surface area (Å²) in [6.45, 7) is 2.54. The first-order valence-corrected chi connectivity index (χ1v) is 8.85. The second-order valence-electron chi connectivity index (χ2n) is 6.21. The van der Waals surface area contributed by atoms with Gasteiger partial charge < -0.3 is 10.6 Å². The lowest BCUT2D eigenvalue weighted by Crippen LogP contribution is -2.29. The van der Waals surface area contributed by atoms with Crippen LogP contribution < -0.4 is 16.3 Å². The van der Waals surface area contributed by atoms with Crippen LogP contribution in [0.25, 0.3) is 11.0 Å². The molecular weight excluding hydrogens is 344 g/mol. The number of carbonyl (C=O) groups excluding carboxylic acids is 2. The SMILES string of the molecule is CCCn1c(=O)n(CC(=O)Nc2ccc(C(=O)NC)cc2)c2ccccc21. The van der Waals surface area contributed by atoms with E-state index in [0.717, 1.165) is 17.5 Å². The molecule has 1 heterocycles. The minimum Gasteiger partial charge on any atom is -0.355 e. The molecule has 0 aliphatic carbocycles. The van der Waals surface area contributed by atoms with Crippen molar-refractivity contribution in [3.63, 3.8) is 0 Å². The molecule has 2 N–H and O–H groups in total. The van der Waals surface area contributed by atoms with Gasteiger partial charge in [-0.05, 0) is 42.8 Å². The zero-order chi connectivity index (χ0) is 19.4. The molecule has 0 bridgehead atoms. The highest BCUT2D eigenvalue weighted by atomic mass is 16.2. The maximum absolute atomic E-state index is 12.7. The third-order valence-corrected chi connectivity index (χ3v) is 4.33. The number of hydrogen-bond acceptors (Lipinski definition) is 3. The third-order valence-electron chi connectivity index (χ3n) is 4.33. The summed E-state index contributed by atoms with van der Waals surface area (Å²) in [6.07, 6.45) is 0.831. The number of aromatic nitrogens is 2. The van der Waals surface area contributed by atoms with Crippen LogP contribution in [0.15, 0.2) is 53.3 Å². The van der Waals surface area contributed by atoms with E-state index in [4.69, 9.17) is 0 Å². The number of carbonyl (C=O) groups is 2. The maximum Gasteiger partial charge on any atom is 0.329 e. The van der Waals surface area contributed by atoms with Crippen molar-refractivity contribution < 1.29 is 9.59 Å². The molecule has 2 aromatic carbocycles. The summed E-state index contributed by atoms with van der Waals surface area (Å²) in [6, 6.07) is 14.0. The first kappa shape index (κ1) is 18.4. The number of nitrogens with zero attached hydrogens (tertiary/aromatic N) is 2. The fourth-order valence-electron chi connectivity index (χ4n) is 3.06. The molecule has 0 aliphatic heterocycles. The van der Waals surface area contributed by atoms with Crippen LogP contribution in [0, 0.1) is 0 Å². The molecule has 140 valence electrons. The summed E-state index contributed by atoms with van der Waals surface area (Å²) in [5.74, 6) is -0.493. The van der Waals surface area contributed by atoms with E-state index in [1.54, 1.807) is 35.9 Å². The summed E-state index contributed by atoms with van der Waals surface area (Å²) in [4.78, 5) is 36.7. The van der Waals surface area contributed by atoms with Crippen molar-refractivity contribution in [1.29, 1.82) is 0 Å². The van der Waals surface area contributed by atoms with Gasteiger partial charge in [0.1, 0.15) is 6.54 Å². The number of aryl methyl sites for hydroxylation is 1. The third kappa shape index (κ3) is 3.76. The predicted octanol–water partition coefficient (Wildman–Crippen LogP) is 2.21. The smallest absolute Gasteiger partial charge is 0.329 e. The number of fused-ring (bicyclic) bond motifs is 1. The largest absolute Gasteiger partial charge is 0.355 e. The van der Waals surface area contributed by atoms with Crippen molar-refractivity contribution in [3.8, 4) is 0 Å². The van der Waals surface area contributed by atoms with Crippen molar-refractivity contribution in [2.45, 2.75) is 26.4 Å². The van der Waals surface area contributed by atoms with E-state index >= 15 is 0 Å². The van der Waals surface area contributed by atoms with Gasteiger partial charge in [0, 0.05) is 24.8 Å². The fourth-order valence-corrected chi connectivity index (χ4v) is 3.06. The van der Waals surface area contributed by atoms with Gasteiger partial charge in [-0.25, -0.2) is 4.79 Å². The standard InChI is InChI=1S/C20H22N4O3/c1-3-12-23-16-6-4-5-7-17(16)24(20(23)27)13-18(25)22-15-10-8-14(9-11-15)19(26)21-2/h4-11H,3,12-13H2,1-2H3,(H,21,26)(H,22,25). The molecule has 0 saturated carbocycles. The summed E-state index contributed by atoms with van der Waals surface area (Å²) in [5.41, 5.74) is 2.45. The number of nitrogens with one attached hydrogen (secondary N) is 2. The number of imidazole rings is 1. The molecule has 0 saturated heterocycles. The molecule has 7 nitrogen and oxygen atoms in total. The number of rotatable bonds is 6. The van der Waals surface area contributed by atoms with E-state index < -0.39 is 0 Å². The zero-order valence-electron chi connectivity index (χ0n) is 15.4. The first-order valence-electron chi connectivity index (χ1n) is 8.85. The van der Waals surface area contributed by atoms with Gasteiger partial charge in [-0.1, -0.05) is 19.1 Å². The highest BCUT2D eigenvalue weighted by molar-refractivity contribution is 5.95. The molecule has 27 heavy (non-hydrogen) atoms. The Morgan fingerprint density at radius 3 is 2.19 bits per heavy atom. The molecule has 3 aromatic rings. The van der Waals surface area contributed by atoms with E-state index in [9.17, 15) is 14.4 Å². The zero-order valence-corrected chi connectivity index (χ0v) is 15.4. The van der Waals surface area contributed by atoms with Crippen LogP contribution >= 0.6 is 0 Å². The topological polar surface area (TPSA) is 85.1 Å². The Kier molecular flexibility index (Phi) is 5.40. The van der Waals surface area contributed by atoms with Crippen molar-refractivity contribution in [3.05, 3.63) is 64.6 Å². The van der Waals surface area contributed by atoms with Gasteiger partial charge >= 0.3 is 5.69 Å². The van der Waals surface area contributed by atoms with Crippen LogP contribution in [-0.4, -0.2) is 28.0 Å².